The molecule has 0 spiro atoms. The van der Waals surface area contributed by atoms with Crippen LogP contribution in [0.25, 0.3) is 0 Å². The van der Waals surface area contributed by atoms with Crippen molar-refractivity contribution in [2.24, 2.45) is 0 Å². The summed E-state index contributed by atoms with van der Waals surface area (Å²) in [5, 5.41) is 7.63. The third-order valence-electron chi connectivity index (χ3n) is 1.25. The first-order chi connectivity index (χ1) is 11.4. The zero-order valence-corrected chi connectivity index (χ0v) is 30.5. The van der Waals surface area contributed by atoms with Crippen LogP contribution >= 0.6 is 34.9 Å². The first kappa shape index (κ1) is 34.1. The average molecular weight is 925 g/mol. The molecule has 1 rings (SSSR count). The fourth-order valence-corrected chi connectivity index (χ4v) is 2.04. The van der Waals surface area contributed by atoms with Gasteiger partial charge in [-0.25, -0.2) is 9.59 Å². The fraction of sp³-hybridized carbons (Fsp3) is 0.200. The molecule has 0 aliphatic rings. The summed E-state index contributed by atoms with van der Waals surface area (Å²) >= 11 is 4.23. The molecule has 1 aromatic rings. The molecular weight excluding hydrogens is 902 g/mol. The number of esters is 2. The van der Waals surface area contributed by atoms with Gasteiger partial charge in [0.05, 0.1) is 0 Å². The molecule has 6 nitrogen and oxygen atoms in total. The van der Waals surface area contributed by atoms with Crippen LogP contribution in [-0.4, -0.2) is 22.1 Å². The van der Waals surface area contributed by atoms with Crippen LogP contribution in [-0.2, 0) is 19.1 Å². The molecule has 0 bridgehead atoms. The Balaban J connectivity index is -0.0000000781. The molecule has 0 aromatic carbocycles. The van der Waals surface area contributed by atoms with Crippen molar-refractivity contribution in [2.45, 2.75) is 28.9 Å². The number of nitrogens with zero attached hydrogens (tertiary/aromatic N) is 2. The Morgan fingerprint density at radius 3 is 1.35 bits per heavy atom. The molecule has 0 aliphatic carbocycles. The van der Waals surface area contributed by atoms with Crippen LogP contribution in [0.5, 0.6) is 0 Å². The smallest absolute Gasteiger partial charge is 0.298 e. The van der Waals surface area contributed by atoms with E-state index >= 15 is 0 Å². The Kier molecular flexibility index (Phi) is 34.9. The molecule has 0 unspecified atom stereocenters. The summed E-state index contributed by atoms with van der Waals surface area (Å²) in [6, 6.07) is 0. The van der Waals surface area contributed by atoms with E-state index in [0.29, 0.717) is 0 Å². The van der Waals surface area contributed by atoms with Crippen LogP contribution in [0.15, 0.2) is 34.0 Å². The van der Waals surface area contributed by atoms with Gasteiger partial charge in [-0.15, -0.1) is 10.2 Å². The monoisotopic (exact) mass is 924 g/mol. The quantitative estimate of drug-likeness (QED) is 0.186. The van der Waals surface area contributed by atoms with Crippen molar-refractivity contribution in [1.29, 1.82) is 0 Å². The van der Waals surface area contributed by atoms with Crippen LogP contribution in [0, 0.1) is 26.7 Å². The molecule has 0 amide bonds. The number of thioether (sulfide) groups is 2. The van der Waals surface area contributed by atoms with E-state index < -0.39 is 11.9 Å². The number of carbonyl (C=O) groups is 2. The van der Waals surface area contributed by atoms with Gasteiger partial charge in [-0.3, -0.25) is 36.0 Å². The van der Waals surface area contributed by atoms with Crippen molar-refractivity contribution in [2.75, 3.05) is 0 Å². The van der Waals surface area contributed by atoms with Crippen LogP contribution in [0.2, 0.25) is 0 Å². The van der Waals surface area contributed by atoms with E-state index in [-0.39, 0.29) is 0 Å². The Hall–Kier alpha value is -3.32. The topological polar surface area (TPSA) is 78.4 Å². The molecule has 11 heteroatoms. The van der Waals surface area contributed by atoms with Crippen molar-refractivity contribution in [3.05, 3.63) is 52.0 Å². The van der Waals surface area contributed by atoms with Crippen molar-refractivity contribution in [3.63, 3.8) is 0 Å². The van der Waals surface area contributed by atoms with Crippen molar-refractivity contribution < 1.29 is 19.1 Å². The summed E-state index contributed by atoms with van der Waals surface area (Å²) in [6.07, 6.45) is 10.5. The van der Waals surface area contributed by atoms with Gasteiger partial charge in [0.1, 0.15) is 8.68 Å². The third-order valence-corrected chi connectivity index (χ3v) is 3.63. The maximum Gasteiger partial charge on any atom is 0.298 e. The van der Waals surface area contributed by atoms with Crippen molar-refractivity contribution in [3.8, 4) is 0 Å². The van der Waals surface area contributed by atoms with Gasteiger partial charge in [-0.2, -0.15) is 14.2 Å². The van der Waals surface area contributed by atoms with Crippen LogP contribution in [0.4, 0.5) is 0 Å². The zero-order valence-electron chi connectivity index (χ0n) is 15.3. The van der Waals surface area contributed by atoms with E-state index in [0.717, 1.165) is 20.8 Å². The van der Waals surface area contributed by atoms with Gasteiger partial charge in [0.15, 0.2) is 0 Å². The molecule has 26 heavy (non-hydrogen) atoms. The molecule has 1 heterocycles. The van der Waals surface area contributed by atoms with Gasteiger partial charge in [-0.1, -0.05) is 44.8 Å². The summed E-state index contributed by atoms with van der Waals surface area (Å²) in [4.78, 5) is 19.6. The number of hydrogen-bond donors (Lipinski definition) is 0. The van der Waals surface area contributed by atoms with Gasteiger partial charge in [0.25, 0.3) is 11.9 Å². The Morgan fingerprint density at radius 2 is 1.27 bits per heavy atom. The van der Waals surface area contributed by atoms with E-state index in [9.17, 15) is 9.59 Å². The minimum absolute atomic E-state index is 0. The minimum atomic E-state index is -0.505. The first-order valence-corrected chi connectivity index (χ1v) is 9.03. The molecule has 0 N–H and O–H groups in total. The van der Waals surface area contributed by atoms with E-state index in [1.54, 1.807) is 0 Å². The van der Waals surface area contributed by atoms with Gasteiger partial charge in [0.2, 0.25) is 0 Å². The number of rotatable bonds is 4. The SMILES string of the molecule is C=CC(=O)O[CH2-].C=CC(=O)O[CH2-].CCC.[CH2-]Sc1nnc(S[CH2-])s1.[Rf].[Rf]. The summed E-state index contributed by atoms with van der Waals surface area (Å²) in [5.41, 5.74) is 0. The van der Waals surface area contributed by atoms with E-state index in [1.165, 1.54) is 41.3 Å². The standard InChI is InChI=1S/C4H4N2S3.2C4H5O2.C3H8.2Rf/c1-7-3-5-6-4(8-2)9-3;2*1-3-4(5)6-2;1-3-2;;/h1-2H2;2*3H,1-2H2;3H2,1-2H3;;/q-2;2*-1;;;. The predicted molar refractivity (Wildman–Crippen MR) is 102 cm³/mol. The molecule has 0 atom stereocenters. The van der Waals surface area contributed by atoms with Gasteiger partial charge in [-0.05, 0) is 0 Å². The second-order valence-electron chi connectivity index (χ2n) is 3.16. The molecule has 0 saturated heterocycles. The third kappa shape index (κ3) is 25.6. The number of hydrogen-bond acceptors (Lipinski definition) is 9. The zero-order chi connectivity index (χ0) is 19.4. The number of aromatic nitrogens is 2. The molecule has 142 valence electrons. The number of ether oxygens (including phenoxy) is 2. The van der Waals surface area contributed by atoms with Crippen LogP contribution in [0.1, 0.15) is 20.3 Å². The van der Waals surface area contributed by atoms with Crippen LogP contribution in [0.3, 0.4) is 0 Å². The van der Waals surface area contributed by atoms with Crippen molar-refractivity contribution >= 4 is 46.8 Å². The average Bonchev–Trinajstić information content (AvgIpc) is 3.10. The van der Waals surface area contributed by atoms with Crippen LogP contribution < -0.4 is 0 Å². The van der Waals surface area contributed by atoms with E-state index in [4.69, 9.17) is 0 Å². The number of carbonyl (C=O) groups excluding carboxylic acids is 2. The summed E-state index contributed by atoms with van der Waals surface area (Å²) < 4.78 is 9.56. The molecule has 1 aromatic heterocycles. The summed E-state index contributed by atoms with van der Waals surface area (Å²) in [7, 11) is 5.67. The largest absolute Gasteiger partial charge is 0.637 e. The van der Waals surface area contributed by atoms with E-state index in [2.05, 4.69) is 73.4 Å². The second kappa shape index (κ2) is 26.6. The van der Waals surface area contributed by atoms with Gasteiger partial charge >= 0.3 is 0 Å². The normalized spacial score (nSPS) is 7.31. The van der Waals surface area contributed by atoms with E-state index in [1.807, 2.05) is 0 Å². The summed E-state index contributed by atoms with van der Waals surface area (Å²) in [6.45, 7) is 10.5. The molecule has 0 aliphatic heterocycles. The maximum absolute atomic E-state index is 9.78. The predicted octanol–water partition coefficient (Wildman–Crippen LogP) is 4.74. The Labute approximate surface area is 157 Å². The first-order valence-electron chi connectivity index (χ1n) is 6.24. The van der Waals surface area contributed by atoms with Gasteiger partial charge < -0.3 is 9.47 Å². The summed E-state index contributed by atoms with van der Waals surface area (Å²) in [5.74, 6) is -1.01. The second-order valence-corrected chi connectivity index (χ2v) is 6.01. The maximum atomic E-state index is 9.78. The molecule has 0 saturated carbocycles. The Bertz CT molecular complexity index is 437. The van der Waals surface area contributed by atoms with Gasteiger partial charge in [0, 0.05) is 12.2 Å². The fourth-order valence-electron chi connectivity index (χ4n) is 0.432. The minimum Gasteiger partial charge on any atom is -0.637 e. The molecule has 0 fully saturated rings. The molecular formula is C15H22N2O4Rf2S3-4. The molecule has 0 radical (unpaired) electrons. The Morgan fingerprint density at radius 1 is 1.00 bits per heavy atom. The van der Waals surface area contributed by atoms with Crippen molar-refractivity contribution in [1.82, 2.24) is 10.2 Å².